The van der Waals surface area contributed by atoms with Gasteiger partial charge in [0.05, 0.1) is 0 Å². The fourth-order valence-corrected chi connectivity index (χ4v) is 2.79. The van der Waals surface area contributed by atoms with Crippen LogP contribution in [0.4, 0.5) is 4.79 Å². The maximum Gasteiger partial charge on any atom is 0.329 e. The Kier molecular flexibility index (Phi) is 3.89. The quantitative estimate of drug-likeness (QED) is 0.723. The molecule has 2 rings (SSSR count). The molecule has 4 amide bonds. The van der Waals surface area contributed by atoms with E-state index in [4.69, 9.17) is 0 Å². The predicted molar refractivity (Wildman–Crippen MR) is 71.3 cm³/mol. The van der Waals surface area contributed by atoms with Crippen molar-refractivity contribution in [1.82, 2.24) is 14.7 Å². The molecule has 21 heavy (non-hydrogen) atoms. The molecule has 8 heteroatoms. The van der Waals surface area contributed by atoms with E-state index in [1.54, 1.807) is 0 Å². The van der Waals surface area contributed by atoms with Crippen LogP contribution in [0.15, 0.2) is 0 Å². The maximum atomic E-state index is 12.4. The number of likely N-dealkylation sites (tertiary alicyclic amines) is 1. The molecule has 0 aromatic rings. The average Bonchev–Trinajstić information content (AvgIpc) is 2.65. The summed E-state index contributed by atoms with van der Waals surface area (Å²) in [7, 11) is 1.48. The Morgan fingerprint density at radius 2 is 1.95 bits per heavy atom. The number of carboxylic acids is 1. The van der Waals surface area contributed by atoms with Gasteiger partial charge in [0.25, 0.3) is 5.91 Å². The molecule has 0 radical (unpaired) electrons. The molecule has 0 spiro atoms. The van der Waals surface area contributed by atoms with Crippen LogP contribution in [0.3, 0.4) is 0 Å². The number of likely N-dealkylation sites (N-methyl/N-ethyl adjacent to an activating group) is 1. The van der Waals surface area contributed by atoms with Crippen LogP contribution in [0.2, 0.25) is 0 Å². The summed E-state index contributed by atoms with van der Waals surface area (Å²) in [4.78, 5) is 50.7. The van der Waals surface area contributed by atoms with Crippen molar-refractivity contribution in [2.45, 2.75) is 31.7 Å². The third kappa shape index (κ3) is 2.57. The molecule has 2 aliphatic heterocycles. The number of piperidine rings is 1. The lowest BCUT2D eigenvalue weighted by molar-refractivity contribution is -0.161. The van der Waals surface area contributed by atoms with Crippen LogP contribution in [0.1, 0.15) is 26.2 Å². The minimum atomic E-state index is -1.27. The van der Waals surface area contributed by atoms with E-state index in [0.29, 0.717) is 13.0 Å². The molecule has 0 bridgehead atoms. The highest BCUT2D eigenvalue weighted by atomic mass is 16.4. The van der Waals surface area contributed by atoms with Gasteiger partial charge in [0, 0.05) is 13.6 Å². The first-order chi connectivity index (χ1) is 9.77. The number of carbonyl (C=O) groups is 4. The highest BCUT2D eigenvalue weighted by molar-refractivity contribution is 6.04. The van der Waals surface area contributed by atoms with E-state index in [-0.39, 0.29) is 6.54 Å². The number of hydrogen-bond donors (Lipinski definition) is 1. The second-order valence-electron chi connectivity index (χ2n) is 5.70. The van der Waals surface area contributed by atoms with Crippen LogP contribution in [-0.4, -0.2) is 75.8 Å². The van der Waals surface area contributed by atoms with E-state index >= 15 is 0 Å². The summed E-state index contributed by atoms with van der Waals surface area (Å²) >= 11 is 0. The lowest BCUT2D eigenvalue weighted by Gasteiger charge is -2.42. The average molecular weight is 297 g/mol. The van der Waals surface area contributed by atoms with Crippen molar-refractivity contribution in [2.75, 3.05) is 26.7 Å². The Morgan fingerprint density at radius 1 is 1.29 bits per heavy atom. The summed E-state index contributed by atoms with van der Waals surface area (Å²) in [5.74, 6) is -2.01. The van der Waals surface area contributed by atoms with Crippen LogP contribution < -0.4 is 0 Å². The van der Waals surface area contributed by atoms with E-state index in [1.807, 2.05) is 0 Å². The molecule has 2 saturated heterocycles. The highest BCUT2D eigenvalue weighted by Crippen LogP contribution is 2.28. The van der Waals surface area contributed by atoms with Crippen molar-refractivity contribution in [3.8, 4) is 0 Å². The van der Waals surface area contributed by atoms with Crippen molar-refractivity contribution in [1.29, 1.82) is 0 Å². The standard InChI is InChI=1S/C13H19N3O5/c1-13(11(19)20)5-3-4-6-16(13)10(18)8-15-9(17)7-14(2)12(15)21/h3-8H2,1-2H3,(H,19,20). The smallest absolute Gasteiger partial charge is 0.329 e. The molecule has 0 aromatic carbocycles. The minimum Gasteiger partial charge on any atom is -0.480 e. The number of carboxylic acid groups (broad SMARTS) is 1. The van der Waals surface area contributed by atoms with Crippen LogP contribution in [-0.2, 0) is 14.4 Å². The maximum absolute atomic E-state index is 12.4. The summed E-state index contributed by atoms with van der Waals surface area (Å²) in [5.41, 5.74) is -1.27. The largest absolute Gasteiger partial charge is 0.480 e. The molecule has 8 nitrogen and oxygen atoms in total. The van der Waals surface area contributed by atoms with Gasteiger partial charge in [0.2, 0.25) is 5.91 Å². The monoisotopic (exact) mass is 297 g/mol. The molecule has 2 aliphatic rings. The zero-order valence-electron chi connectivity index (χ0n) is 12.2. The van der Waals surface area contributed by atoms with Gasteiger partial charge in [-0.3, -0.25) is 14.5 Å². The van der Waals surface area contributed by atoms with Crippen molar-refractivity contribution in [3.63, 3.8) is 0 Å². The molecule has 1 unspecified atom stereocenters. The van der Waals surface area contributed by atoms with Gasteiger partial charge in [-0.15, -0.1) is 0 Å². The normalized spacial score (nSPS) is 26.5. The molecular weight excluding hydrogens is 278 g/mol. The Hall–Kier alpha value is -2.12. The molecule has 116 valence electrons. The minimum absolute atomic E-state index is 0.0533. The van der Waals surface area contributed by atoms with E-state index in [1.165, 1.54) is 23.8 Å². The molecular formula is C13H19N3O5. The van der Waals surface area contributed by atoms with E-state index < -0.39 is 35.9 Å². The Labute approximate surface area is 122 Å². The molecule has 2 fully saturated rings. The first kappa shape index (κ1) is 15.3. The summed E-state index contributed by atoms with van der Waals surface area (Å²) in [6.45, 7) is 1.38. The van der Waals surface area contributed by atoms with Gasteiger partial charge in [-0.2, -0.15) is 0 Å². The molecule has 1 atom stereocenters. The van der Waals surface area contributed by atoms with E-state index in [2.05, 4.69) is 0 Å². The van der Waals surface area contributed by atoms with Gasteiger partial charge in [-0.1, -0.05) is 0 Å². The van der Waals surface area contributed by atoms with Crippen molar-refractivity contribution in [2.24, 2.45) is 0 Å². The topological polar surface area (TPSA) is 98.2 Å². The lowest BCUT2D eigenvalue weighted by Crippen LogP contribution is -2.59. The van der Waals surface area contributed by atoms with Gasteiger partial charge in [0.15, 0.2) is 0 Å². The van der Waals surface area contributed by atoms with Gasteiger partial charge >= 0.3 is 12.0 Å². The summed E-state index contributed by atoms with van der Waals surface area (Å²) < 4.78 is 0. The fraction of sp³-hybridized carbons (Fsp3) is 0.692. The molecule has 0 saturated carbocycles. The molecule has 2 heterocycles. The number of carbonyl (C=O) groups excluding carboxylic acids is 3. The van der Waals surface area contributed by atoms with Gasteiger partial charge in [0.1, 0.15) is 18.6 Å². The van der Waals surface area contributed by atoms with Gasteiger partial charge < -0.3 is 14.9 Å². The zero-order valence-corrected chi connectivity index (χ0v) is 12.2. The molecule has 1 N–H and O–H groups in total. The number of amides is 4. The Morgan fingerprint density at radius 3 is 2.48 bits per heavy atom. The second kappa shape index (κ2) is 5.34. The fourth-order valence-electron chi connectivity index (χ4n) is 2.79. The number of rotatable bonds is 3. The highest BCUT2D eigenvalue weighted by Gasteiger charge is 2.45. The third-order valence-corrected chi connectivity index (χ3v) is 4.18. The third-order valence-electron chi connectivity index (χ3n) is 4.18. The Balaban J connectivity index is 2.14. The first-order valence-corrected chi connectivity index (χ1v) is 6.86. The first-order valence-electron chi connectivity index (χ1n) is 6.86. The Bertz CT molecular complexity index is 506. The van der Waals surface area contributed by atoms with E-state index in [0.717, 1.165) is 17.7 Å². The molecule has 0 aliphatic carbocycles. The van der Waals surface area contributed by atoms with Gasteiger partial charge in [-0.05, 0) is 26.2 Å². The van der Waals surface area contributed by atoms with Crippen LogP contribution in [0, 0.1) is 0 Å². The summed E-state index contributed by atoms with van der Waals surface area (Å²) in [5, 5.41) is 9.37. The second-order valence-corrected chi connectivity index (χ2v) is 5.70. The van der Waals surface area contributed by atoms with Gasteiger partial charge in [-0.25, -0.2) is 9.59 Å². The van der Waals surface area contributed by atoms with Crippen LogP contribution >= 0.6 is 0 Å². The number of aliphatic carboxylic acids is 1. The number of imide groups is 1. The number of urea groups is 1. The zero-order chi connectivity index (χ0) is 15.8. The number of nitrogens with zero attached hydrogens (tertiary/aromatic N) is 3. The molecule has 0 aromatic heterocycles. The van der Waals surface area contributed by atoms with E-state index in [9.17, 15) is 24.3 Å². The summed E-state index contributed by atoms with van der Waals surface area (Å²) in [6, 6.07) is -0.526. The summed E-state index contributed by atoms with van der Waals surface area (Å²) in [6.07, 6.45) is 1.82. The van der Waals surface area contributed by atoms with Crippen molar-refractivity contribution < 1.29 is 24.3 Å². The predicted octanol–water partition coefficient (Wildman–Crippen LogP) is -0.264. The SMILES string of the molecule is CN1CC(=O)N(CC(=O)N2CCCCC2(C)C(=O)O)C1=O. The van der Waals surface area contributed by atoms with Crippen LogP contribution in [0.25, 0.3) is 0 Å². The number of hydrogen-bond acceptors (Lipinski definition) is 4. The van der Waals surface area contributed by atoms with Crippen molar-refractivity contribution in [3.05, 3.63) is 0 Å². The van der Waals surface area contributed by atoms with Crippen LogP contribution in [0.5, 0.6) is 0 Å². The lowest BCUT2D eigenvalue weighted by atomic mass is 9.88. The van der Waals surface area contributed by atoms with Crippen molar-refractivity contribution >= 4 is 23.8 Å².